The molecule has 0 saturated heterocycles. The monoisotopic (exact) mass is 538 g/mol. The largest absolute Gasteiger partial charge is 0.490 e. The van der Waals surface area contributed by atoms with Crippen LogP contribution in [0.4, 0.5) is 0 Å². The minimum atomic E-state index is -0.521. The minimum absolute atomic E-state index is 0.291. The van der Waals surface area contributed by atoms with E-state index in [9.17, 15) is 10.1 Å². The van der Waals surface area contributed by atoms with Gasteiger partial charge >= 0.3 is 0 Å². The molecule has 0 fully saturated rings. The summed E-state index contributed by atoms with van der Waals surface area (Å²) in [6.45, 7) is 6.23. The van der Waals surface area contributed by atoms with Crippen molar-refractivity contribution in [2.75, 3.05) is 13.2 Å². The van der Waals surface area contributed by atoms with Crippen molar-refractivity contribution in [1.29, 1.82) is 0 Å². The van der Waals surface area contributed by atoms with Crippen LogP contribution in [0.5, 0.6) is 11.5 Å². The quantitative estimate of drug-likeness (QED) is 0.120. The lowest BCUT2D eigenvalue weighted by Gasteiger charge is -2.17. The van der Waals surface area contributed by atoms with Gasteiger partial charge < -0.3 is 9.47 Å². The number of thioether (sulfide) groups is 1. The van der Waals surface area contributed by atoms with Crippen LogP contribution in [-0.4, -0.2) is 32.8 Å². The van der Waals surface area contributed by atoms with Gasteiger partial charge in [-0.3, -0.25) is 14.7 Å². The number of halogens is 1. The molecule has 192 valence electrons. The Balaban J connectivity index is 1.61. The van der Waals surface area contributed by atoms with Gasteiger partial charge in [0.05, 0.1) is 6.61 Å². The van der Waals surface area contributed by atoms with Crippen molar-refractivity contribution in [2.45, 2.75) is 37.8 Å². The van der Waals surface area contributed by atoms with E-state index in [4.69, 9.17) is 21.1 Å². The Morgan fingerprint density at radius 3 is 2.41 bits per heavy atom. The van der Waals surface area contributed by atoms with Gasteiger partial charge in [0.2, 0.25) is 6.54 Å². The Labute approximate surface area is 224 Å². The summed E-state index contributed by atoms with van der Waals surface area (Å²) < 4.78 is 13.8. The molecular weight excluding hydrogens is 512 g/mol. The third-order valence-corrected chi connectivity index (χ3v) is 7.03. The van der Waals surface area contributed by atoms with Crippen LogP contribution in [0.1, 0.15) is 34.7 Å². The second-order valence-corrected chi connectivity index (χ2v) is 9.98. The summed E-state index contributed by atoms with van der Waals surface area (Å²) in [7, 11) is 0. The number of nitro groups is 1. The topological polar surface area (TPSA) is 92.3 Å². The van der Waals surface area contributed by atoms with E-state index in [2.05, 4.69) is 10.2 Å². The summed E-state index contributed by atoms with van der Waals surface area (Å²) in [6, 6.07) is 20.8. The molecule has 0 saturated carbocycles. The lowest BCUT2D eigenvalue weighted by Crippen LogP contribution is -2.11. The predicted octanol–water partition coefficient (Wildman–Crippen LogP) is 6.63. The fraction of sp³-hybridized carbons (Fsp3) is 0.259. The molecule has 0 bridgehead atoms. The number of nitrogens with zero attached hydrogens (tertiary/aromatic N) is 4. The van der Waals surface area contributed by atoms with E-state index in [1.165, 1.54) is 11.8 Å². The van der Waals surface area contributed by atoms with Crippen molar-refractivity contribution in [3.8, 4) is 17.2 Å². The average molecular weight is 539 g/mol. The highest BCUT2D eigenvalue weighted by Crippen LogP contribution is 2.39. The Hall–Kier alpha value is -3.56. The van der Waals surface area contributed by atoms with Crippen molar-refractivity contribution >= 4 is 23.4 Å². The molecular formula is C27H27ClN4O4S. The van der Waals surface area contributed by atoms with Gasteiger partial charge in [0, 0.05) is 15.6 Å². The first-order chi connectivity index (χ1) is 17.8. The van der Waals surface area contributed by atoms with Crippen LogP contribution in [0.3, 0.4) is 0 Å². The first-order valence-electron chi connectivity index (χ1n) is 11.8. The van der Waals surface area contributed by atoms with Crippen LogP contribution in [-0.2, 0) is 6.61 Å². The van der Waals surface area contributed by atoms with Gasteiger partial charge in [0.25, 0.3) is 0 Å². The highest BCUT2D eigenvalue weighted by Gasteiger charge is 2.25. The molecule has 0 unspecified atom stereocenters. The maximum atomic E-state index is 11.6. The number of ether oxygens (including phenoxy) is 2. The number of benzene rings is 3. The van der Waals surface area contributed by atoms with Crippen LogP contribution in [0, 0.1) is 24.0 Å². The van der Waals surface area contributed by atoms with Crippen molar-refractivity contribution in [1.82, 2.24) is 14.8 Å². The lowest BCUT2D eigenvalue weighted by atomic mass is 10.1. The van der Waals surface area contributed by atoms with Crippen molar-refractivity contribution in [3.63, 3.8) is 0 Å². The summed E-state index contributed by atoms with van der Waals surface area (Å²) in [5.74, 6) is 1.79. The Bertz CT molecular complexity index is 1360. The summed E-state index contributed by atoms with van der Waals surface area (Å²) in [5, 5.41) is 20.9. The number of hydrogen-bond acceptors (Lipinski definition) is 7. The maximum Gasteiger partial charge on any atom is 0.220 e. The number of hydrogen-bond donors (Lipinski definition) is 0. The van der Waals surface area contributed by atoms with E-state index in [-0.39, 0.29) is 11.5 Å². The summed E-state index contributed by atoms with van der Waals surface area (Å²) in [5.41, 5.74) is 3.73. The van der Waals surface area contributed by atoms with E-state index < -0.39 is 5.25 Å². The molecule has 0 N–H and O–H groups in total. The van der Waals surface area contributed by atoms with Gasteiger partial charge in [-0.1, -0.05) is 59.3 Å². The van der Waals surface area contributed by atoms with Crippen LogP contribution in [0.15, 0.2) is 71.9 Å². The Kier molecular flexibility index (Phi) is 8.68. The molecule has 0 spiro atoms. The molecule has 0 amide bonds. The average Bonchev–Trinajstić information content (AvgIpc) is 3.24. The predicted molar refractivity (Wildman–Crippen MR) is 145 cm³/mol. The zero-order chi connectivity index (χ0) is 26.4. The number of aryl methyl sites for hydroxylation is 2. The zero-order valence-electron chi connectivity index (χ0n) is 20.8. The van der Waals surface area contributed by atoms with Gasteiger partial charge in [-0.25, -0.2) is 0 Å². The molecule has 1 heterocycles. The first-order valence-corrected chi connectivity index (χ1v) is 13.0. The maximum absolute atomic E-state index is 11.6. The molecule has 0 aliphatic rings. The van der Waals surface area contributed by atoms with Crippen LogP contribution in [0.25, 0.3) is 5.69 Å². The van der Waals surface area contributed by atoms with Crippen LogP contribution >= 0.6 is 23.4 Å². The molecule has 0 aliphatic heterocycles. The molecule has 4 rings (SSSR count). The van der Waals surface area contributed by atoms with Gasteiger partial charge in [0.15, 0.2) is 16.7 Å². The molecule has 1 aromatic heterocycles. The number of rotatable bonds is 11. The van der Waals surface area contributed by atoms with Crippen molar-refractivity contribution in [3.05, 3.63) is 104 Å². The molecule has 8 nitrogen and oxygen atoms in total. The van der Waals surface area contributed by atoms with Gasteiger partial charge in [-0.15, -0.1) is 10.2 Å². The summed E-state index contributed by atoms with van der Waals surface area (Å²) >= 11 is 7.27. The van der Waals surface area contributed by atoms with E-state index >= 15 is 0 Å². The number of aromatic nitrogens is 3. The molecule has 0 radical (unpaired) electrons. The lowest BCUT2D eigenvalue weighted by molar-refractivity contribution is -0.479. The molecule has 0 aliphatic carbocycles. The van der Waals surface area contributed by atoms with E-state index in [1.807, 2.05) is 79.9 Å². The molecule has 37 heavy (non-hydrogen) atoms. The van der Waals surface area contributed by atoms with E-state index in [1.54, 1.807) is 12.1 Å². The van der Waals surface area contributed by atoms with Gasteiger partial charge in [-0.2, -0.15) is 0 Å². The van der Waals surface area contributed by atoms with Crippen molar-refractivity contribution < 1.29 is 14.4 Å². The Morgan fingerprint density at radius 2 is 1.73 bits per heavy atom. The van der Waals surface area contributed by atoms with Crippen molar-refractivity contribution in [2.24, 2.45) is 0 Å². The van der Waals surface area contributed by atoms with Crippen LogP contribution < -0.4 is 9.47 Å². The fourth-order valence-corrected chi connectivity index (χ4v) is 5.03. The molecule has 10 heteroatoms. The molecule has 1 atom stereocenters. The third-order valence-electron chi connectivity index (χ3n) is 5.60. The minimum Gasteiger partial charge on any atom is -0.490 e. The second-order valence-electron chi connectivity index (χ2n) is 8.38. The second kappa shape index (κ2) is 12.1. The fourth-order valence-electron chi connectivity index (χ4n) is 3.74. The van der Waals surface area contributed by atoms with E-state index in [0.717, 1.165) is 22.4 Å². The summed E-state index contributed by atoms with van der Waals surface area (Å²) in [6.07, 6.45) is 0. The smallest absolute Gasteiger partial charge is 0.220 e. The standard InChI is InChI=1S/C27H27ClN4O4S/c1-4-35-25-15-21(9-14-24(25)36-17-20-7-10-22(28)11-8-20)26(16-31(33)34)37-27-30-29-19(3)32(27)23-12-5-18(2)6-13-23/h5-15,26H,4,16-17H2,1-3H3/t26-/m0/s1. The zero-order valence-corrected chi connectivity index (χ0v) is 22.3. The van der Waals surface area contributed by atoms with Gasteiger partial charge in [0.1, 0.15) is 17.7 Å². The molecule has 4 aromatic rings. The van der Waals surface area contributed by atoms with E-state index in [0.29, 0.717) is 40.7 Å². The van der Waals surface area contributed by atoms with Gasteiger partial charge in [-0.05, 0) is 68.3 Å². The third kappa shape index (κ3) is 6.81. The Morgan fingerprint density at radius 1 is 1.00 bits per heavy atom. The highest BCUT2D eigenvalue weighted by molar-refractivity contribution is 7.99. The SMILES string of the molecule is CCOc1cc([C@H](C[N+](=O)[O-])Sc2nnc(C)n2-c2ccc(C)cc2)ccc1OCc1ccc(Cl)cc1. The molecule has 3 aromatic carbocycles. The van der Waals surface area contributed by atoms with Crippen LogP contribution in [0.2, 0.25) is 5.02 Å². The normalized spacial score (nSPS) is 11.8. The first kappa shape index (κ1) is 26.5. The summed E-state index contributed by atoms with van der Waals surface area (Å²) in [4.78, 5) is 11.3. The highest BCUT2D eigenvalue weighted by atomic mass is 35.5.